The van der Waals surface area contributed by atoms with Gasteiger partial charge in [-0.15, -0.1) is 0 Å². The SMILES string of the molecule is CC(=O)N(C)CC(=O)NCCSSCCN. The average molecular weight is 265 g/mol. The van der Waals surface area contributed by atoms with Crippen molar-refractivity contribution in [3.05, 3.63) is 0 Å². The fourth-order valence-corrected chi connectivity index (χ4v) is 2.54. The summed E-state index contributed by atoms with van der Waals surface area (Å²) >= 11 is 0. The topological polar surface area (TPSA) is 75.4 Å². The van der Waals surface area contributed by atoms with Gasteiger partial charge in [-0.2, -0.15) is 0 Å². The second kappa shape index (κ2) is 9.80. The van der Waals surface area contributed by atoms with E-state index in [4.69, 9.17) is 5.73 Å². The summed E-state index contributed by atoms with van der Waals surface area (Å²) in [5.74, 6) is 1.54. The van der Waals surface area contributed by atoms with Crippen LogP contribution in [0, 0.1) is 0 Å². The fraction of sp³-hybridized carbons (Fsp3) is 0.778. The van der Waals surface area contributed by atoms with E-state index in [1.165, 1.54) is 11.8 Å². The van der Waals surface area contributed by atoms with Gasteiger partial charge in [0.2, 0.25) is 11.8 Å². The Kier molecular flexibility index (Phi) is 9.55. The molecule has 0 saturated heterocycles. The van der Waals surface area contributed by atoms with E-state index in [9.17, 15) is 9.59 Å². The molecule has 0 spiro atoms. The molecule has 0 aromatic rings. The minimum atomic E-state index is -0.123. The van der Waals surface area contributed by atoms with E-state index >= 15 is 0 Å². The van der Waals surface area contributed by atoms with Gasteiger partial charge in [0.1, 0.15) is 0 Å². The second-order valence-electron chi connectivity index (χ2n) is 3.16. The molecule has 3 N–H and O–H groups in total. The standard InChI is InChI=1S/C9H19N3O2S2/c1-8(13)12(2)7-9(14)11-4-6-16-15-5-3-10/h3-7,10H2,1-2H3,(H,11,14). The zero-order chi connectivity index (χ0) is 12.4. The van der Waals surface area contributed by atoms with Crippen molar-refractivity contribution in [2.75, 3.05) is 38.2 Å². The Morgan fingerprint density at radius 1 is 1.31 bits per heavy atom. The van der Waals surface area contributed by atoms with Gasteiger partial charge in [-0.3, -0.25) is 9.59 Å². The van der Waals surface area contributed by atoms with Crippen molar-refractivity contribution in [2.24, 2.45) is 5.73 Å². The summed E-state index contributed by atoms with van der Waals surface area (Å²) in [6.07, 6.45) is 0. The molecule has 0 unspecified atom stereocenters. The van der Waals surface area contributed by atoms with E-state index in [1.54, 1.807) is 28.6 Å². The van der Waals surface area contributed by atoms with E-state index in [2.05, 4.69) is 5.32 Å². The van der Waals surface area contributed by atoms with Crippen molar-refractivity contribution in [1.82, 2.24) is 10.2 Å². The van der Waals surface area contributed by atoms with Crippen LogP contribution in [0.5, 0.6) is 0 Å². The van der Waals surface area contributed by atoms with Crippen LogP contribution < -0.4 is 11.1 Å². The largest absolute Gasteiger partial charge is 0.354 e. The maximum atomic E-state index is 11.3. The summed E-state index contributed by atoms with van der Waals surface area (Å²) in [6.45, 7) is 2.85. The van der Waals surface area contributed by atoms with Crippen molar-refractivity contribution >= 4 is 33.4 Å². The highest BCUT2D eigenvalue weighted by atomic mass is 33.1. The lowest BCUT2D eigenvalue weighted by molar-refractivity contribution is -0.133. The van der Waals surface area contributed by atoms with Gasteiger partial charge >= 0.3 is 0 Å². The van der Waals surface area contributed by atoms with Gasteiger partial charge in [-0.1, -0.05) is 21.6 Å². The summed E-state index contributed by atoms with van der Waals surface area (Å²) in [6, 6.07) is 0. The number of carbonyl (C=O) groups excluding carboxylic acids is 2. The first kappa shape index (κ1) is 15.6. The monoisotopic (exact) mass is 265 g/mol. The summed E-state index contributed by atoms with van der Waals surface area (Å²) in [5, 5.41) is 2.75. The van der Waals surface area contributed by atoms with Crippen LogP contribution in [-0.2, 0) is 9.59 Å². The van der Waals surface area contributed by atoms with Crippen LogP contribution in [0.3, 0.4) is 0 Å². The predicted molar refractivity (Wildman–Crippen MR) is 70.3 cm³/mol. The number of likely N-dealkylation sites (N-methyl/N-ethyl adjacent to an activating group) is 1. The van der Waals surface area contributed by atoms with Gasteiger partial charge < -0.3 is 16.0 Å². The third-order valence-corrected chi connectivity index (χ3v) is 4.15. The number of nitrogens with one attached hydrogen (secondary N) is 1. The maximum absolute atomic E-state index is 11.3. The molecule has 0 aromatic carbocycles. The molecule has 0 saturated carbocycles. The second-order valence-corrected chi connectivity index (χ2v) is 5.86. The molecule has 0 heterocycles. The summed E-state index contributed by atoms with van der Waals surface area (Å²) in [4.78, 5) is 23.5. The molecule has 16 heavy (non-hydrogen) atoms. The zero-order valence-electron chi connectivity index (χ0n) is 9.69. The first-order chi connectivity index (χ1) is 7.57. The Labute approximate surface area is 104 Å². The summed E-state index contributed by atoms with van der Waals surface area (Å²) < 4.78 is 0. The van der Waals surface area contributed by atoms with Crippen molar-refractivity contribution < 1.29 is 9.59 Å². The van der Waals surface area contributed by atoms with Crippen molar-refractivity contribution in [2.45, 2.75) is 6.92 Å². The van der Waals surface area contributed by atoms with Gasteiger partial charge in [0.15, 0.2) is 0 Å². The maximum Gasteiger partial charge on any atom is 0.239 e. The normalized spacial score (nSPS) is 9.94. The number of amides is 2. The van der Waals surface area contributed by atoms with Gasteiger partial charge in [-0.05, 0) is 0 Å². The molecule has 0 fully saturated rings. The van der Waals surface area contributed by atoms with Crippen LogP contribution >= 0.6 is 21.6 Å². The highest BCUT2D eigenvalue weighted by Gasteiger charge is 2.07. The van der Waals surface area contributed by atoms with Crippen LogP contribution in [0.25, 0.3) is 0 Å². The minimum Gasteiger partial charge on any atom is -0.354 e. The van der Waals surface area contributed by atoms with E-state index in [0.29, 0.717) is 13.1 Å². The number of hydrogen-bond acceptors (Lipinski definition) is 5. The summed E-state index contributed by atoms with van der Waals surface area (Å²) in [5.41, 5.74) is 5.33. The lowest BCUT2D eigenvalue weighted by Gasteiger charge is -2.13. The minimum absolute atomic E-state index is 0.108. The first-order valence-corrected chi connectivity index (χ1v) is 7.49. The lowest BCUT2D eigenvalue weighted by Crippen LogP contribution is -2.38. The molecule has 0 aliphatic heterocycles. The Balaban J connectivity index is 3.40. The number of nitrogens with zero attached hydrogens (tertiary/aromatic N) is 1. The molecule has 0 rings (SSSR count). The Hall–Kier alpha value is -0.400. The molecule has 5 nitrogen and oxygen atoms in total. The number of carbonyl (C=O) groups is 2. The van der Waals surface area contributed by atoms with Crippen LogP contribution in [0.15, 0.2) is 0 Å². The predicted octanol–water partition coefficient (Wildman–Crippen LogP) is -0.0790. The van der Waals surface area contributed by atoms with Gasteiger partial charge in [0, 0.05) is 38.6 Å². The molecule has 0 aliphatic carbocycles. The van der Waals surface area contributed by atoms with Crippen molar-refractivity contribution in [1.29, 1.82) is 0 Å². The first-order valence-electron chi connectivity index (χ1n) is 5.00. The van der Waals surface area contributed by atoms with Gasteiger partial charge in [0.25, 0.3) is 0 Å². The van der Waals surface area contributed by atoms with Crippen LogP contribution in [0.4, 0.5) is 0 Å². The van der Waals surface area contributed by atoms with E-state index < -0.39 is 0 Å². The third-order valence-electron chi connectivity index (χ3n) is 1.71. The molecular weight excluding hydrogens is 246 g/mol. The molecule has 2 amide bonds. The number of hydrogen-bond donors (Lipinski definition) is 2. The highest BCUT2D eigenvalue weighted by Crippen LogP contribution is 2.18. The van der Waals surface area contributed by atoms with Gasteiger partial charge in [-0.25, -0.2) is 0 Å². The highest BCUT2D eigenvalue weighted by molar-refractivity contribution is 8.76. The molecular formula is C9H19N3O2S2. The Bertz CT molecular complexity index is 227. The van der Waals surface area contributed by atoms with Crippen molar-refractivity contribution in [3.63, 3.8) is 0 Å². The number of rotatable bonds is 8. The molecule has 0 atom stereocenters. The molecule has 94 valence electrons. The molecule has 0 aromatic heterocycles. The van der Waals surface area contributed by atoms with E-state index in [0.717, 1.165) is 11.5 Å². The summed E-state index contributed by atoms with van der Waals surface area (Å²) in [7, 11) is 4.99. The lowest BCUT2D eigenvalue weighted by atomic mass is 10.5. The Morgan fingerprint density at radius 2 is 1.94 bits per heavy atom. The molecule has 0 bridgehead atoms. The molecule has 7 heteroatoms. The Morgan fingerprint density at radius 3 is 2.50 bits per heavy atom. The smallest absolute Gasteiger partial charge is 0.239 e. The third kappa shape index (κ3) is 8.87. The van der Waals surface area contributed by atoms with Crippen LogP contribution in [0.2, 0.25) is 0 Å². The number of nitrogens with two attached hydrogens (primary N) is 1. The van der Waals surface area contributed by atoms with Crippen LogP contribution in [-0.4, -0.2) is 54.9 Å². The van der Waals surface area contributed by atoms with Crippen molar-refractivity contribution in [3.8, 4) is 0 Å². The quantitative estimate of drug-likeness (QED) is 0.474. The molecule has 0 aliphatic rings. The molecule has 0 radical (unpaired) electrons. The fourth-order valence-electron chi connectivity index (χ4n) is 0.781. The van der Waals surface area contributed by atoms with Crippen LogP contribution in [0.1, 0.15) is 6.92 Å². The van der Waals surface area contributed by atoms with E-state index in [-0.39, 0.29) is 18.4 Å². The van der Waals surface area contributed by atoms with Gasteiger partial charge in [0.05, 0.1) is 6.54 Å². The van der Waals surface area contributed by atoms with E-state index in [1.807, 2.05) is 0 Å². The average Bonchev–Trinajstić information content (AvgIpc) is 2.23. The zero-order valence-corrected chi connectivity index (χ0v) is 11.3.